The Kier molecular flexibility index (Phi) is 12.0. The first kappa shape index (κ1) is 37.9. The first-order valence-corrected chi connectivity index (χ1v) is 18.4. The second-order valence-corrected chi connectivity index (χ2v) is 15.3. The third-order valence-electron chi connectivity index (χ3n) is 11.3. The molecule has 0 amide bonds. The van der Waals surface area contributed by atoms with Crippen LogP contribution >= 0.6 is 0 Å². The van der Waals surface area contributed by atoms with Gasteiger partial charge < -0.3 is 39.0 Å². The predicted molar refractivity (Wildman–Crippen MR) is 183 cm³/mol. The molecule has 0 aromatic rings. The molecule has 0 saturated carbocycles. The van der Waals surface area contributed by atoms with Crippen LogP contribution in [-0.4, -0.2) is 88.0 Å². The maximum Gasteiger partial charge on any atom is 0.316 e. The van der Waals surface area contributed by atoms with E-state index >= 15 is 0 Å². The van der Waals surface area contributed by atoms with Gasteiger partial charge in [-0.15, -0.1) is 0 Å². The Bertz CT molecular complexity index is 1330. The van der Waals surface area contributed by atoms with Gasteiger partial charge in [-0.2, -0.15) is 0 Å². The lowest BCUT2D eigenvalue weighted by Crippen LogP contribution is -2.67. The Hall–Kier alpha value is -2.34. The first-order valence-electron chi connectivity index (χ1n) is 18.4. The molecule has 13 atom stereocenters. The molecule has 274 valence electrons. The normalized spacial score (nSPS) is 44.8. The molecule has 0 aromatic heterocycles. The molecule has 4 heterocycles. The van der Waals surface area contributed by atoms with Crippen molar-refractivity contribution in [3.63, 3.8) is 0 Å². The van der Waals surface area contributed by atoms with E-state index in [9.17, 15) is 24.9 Å². The van der Waals surface area contributed by atoms with Crippen LogP contribution < -0.4 is 0 Å². The molecular weight excluding hydrogens is 628 g/mol. The number of ether oxygens (including phenoxy) is 5. The number of aliphatic hydroxyl groups is 3. The SMILES string of the molecule is CCCCC(C)C(=O)OC1C(O)[C@]2(C[C@@H]3C[C@@H](C/C=C(\C)C[C@@H](C)/C=C/C=C4\COC5[C@H](O)C(C)=C[C@@H](C(=O)O3)[C@]45O)O2)OC(CC)[C@H]1C. The van der Waals surface area contributed by atoms with Crippen molar-refractivity contribution in [2.75, 3.05) is 6.61 Å². The molecule has 4 aliphatic heterocycles. The summed E-state index contributed by atoms with van der Waals surface area (Å²) in [5, 5.41) is 35.3. The highest BCUT2D eigenvalue weighted by Crippen LogP contribution is 2.48. The lowest BCUT2D eigenvalue weighted by atomic mass is 9.71. The van der Waals surface area contributed by atoms with E-state index in [1.165, 1.54) is 0 Å². The van der Waals surface area contributed by atoms with Crippen LogP contribution in [0.3, 0.4) is 0 Å². The van der Waals surface area contributed by atoms with Crippen LogP contribution in [-0.2, 0) is 33.3 Å². The number of esters is 2. The fourth-order valence-corrected chi connectivity index (χ4v) is 8.32. The lowest BCUT2D eigenvalue weighted by molar-refractivity contribution is -0.385. The summed E-state index contributed by atoms with van der Waals surface area (Å²) in [5.74, 6) is -4.19. The van der Waals surface area contributed by atoms with E-state index in [0.29, 0.717) is 36.8 Å². The molecule has 0 radical (unpaired) electrons. The Labute approximate surface area is 291 Å². The predicted octanol–water partition coefficient (Wildman–Crippen LogP) is 5.24. The van der Waals surface area contributed by atoms with Gasteiger partial charge in [-0.3, -0.25) is 9.59 Å². The third kappa shape index (κ3) is 7.65. The number of fused-ring (bicyclic) bond motifs is 2. The van der Waals surface area contributed by atoms with Gasteiger partial charge in [0, 0.05) is 18.8 Å². The Morgan fingerprint density at radius 3 is 2.61 bits per heavy atom. The number of carbonyl (C=O) groups is 2. The van der Waals surface area contributed by atoms with Crippen LogP contribution in [0, 0.1) is 23.7 Å². The van der Waals surface area contributed by atoms with Crippen LogP contribution in [0.1, 0.15) is 99.8 Å². The molecular formula is C39H58O10. The van der Waals surface area contributed by atoms with Gasteiger partial charge >= 0.3 is 11.9 Å². The average Bonchev–Trinajstić information content (AvgIpc) is 3.40. The molecule has 0 aromatic carbocycles. The van der Waals surface area contributed by atoms with Crippen LogP contribution in [0.25, 0.3) is 0 Å². The van der Waals surface area contributed by atoms with Crippen LogP contribution in [0.4, 0.5) is 0 Å². The lowest BCUT2D eigenvalue weighted by Gasteiger charge is -2.54. The Morgan fingerprint density at radius 1 is 1.14 bits per heavy atom. The maximum absolute atomic E-state index is 14.2. The number of allylic oxidation sites excluding steroid dienone is 4. The molecule has 3 fully saturated rings. The second-order valence-electron chi connectivity index (χ2n) is 15.3. The summed E-state index contributed by atoms with van der Waals surface area (Å²) in [6, 6.07) is 0. The average molecular weight is 687 g/mol. The highest BCUT2D eigenvalue weighted by Gasteiger charge is 2.62. The molecule has 3 N–H and O–H groups in total. The zero-order valence-corrected chi connectivity index (χ0v) is 30.3. The van der Waals surface area contributed by atoms with E-state index in [2.05, 4.69) is 26.8 Å². The van der Waals surface area contributed by atoms with E-state index in [-0.39, 0.29) is 42.9 Å². The fourth-order valence-electron chi connectivity index (χ4n) is 8.32. The molecule has 10 nitrogen and oxygen atoms in total. The van der Waals surface area contributed by atoms with Crippen LogP contribution in [0.15, 0.2) is 47.1 Å². The summed E-state index contributed by atoms with van der Waals surface area (Å²) < 4.78 is 31.6. The summed E-state index contributed by atoms with van der Waals surface area (Å²) in [4.78, 5) is 27.4. The van der Waals surface area contributed by atoms with E-state index < -0.39 is 59.9 Å². The summed E-state index contributed by atoms with van der Waals surface area (Å²) >= 11 is 0. The van der Waals surface area contributed by atoms with Crippen LogP contribution in [0.5, 0.6) is 0 Å². The molecule has 49 heavy (non-hydrogen) atoms. The minimum absolute atomic E-state index is 0.0145. The molecule has 10 heteroatoms. The van der Waals surface area contributed by atoms with Crippen molar-refractivity contribution in [1.29, 1.82) is 0 Å². The molecule has 5 unspecified atom stereocenters. The molecule has 1 spiro atoms. The second kappa shape index (κ2) is 15.5. The van der Waals surface area contributed by atoms with E-state index in [4.69, 9.17) is 23.7 Å². The quantitative estimate of drug-likeness (QED) is 0.251. The first-order chi connectivity index (χ1) is 23.2. The van der Waals surface area contributed by atoms with Crippen LogP contribution in [0.2, 0.25) is 0 Å². The zero-order valence-electron chi connectivity index (χ0n) is 30.3. The zero-order chi connectivity index (χ0) is 35.7. The Morgan fingerprint density at radius 2 is 1.90 bits per heavy atom. The van der Waals surface area contributed by atoms with Gasteiger partial charge in [-0.25, -0.2) is 0 Å². The summed E-state index contributed by atoms with van der Waals surface area (Å²) in [7, 11) is 0. The van der Waals surface area contributed by atoms with Gasteiger partial charge in [0.1, 0.15) is 42.0 Å². The summed E-state index contributed by atoms with van der Waals surface area (Å²) in [5.41, 5.74) is 0.360. The highest BCUT2D eigenvalue weighted by atomic mass is 16.7. The van der Waals surface area contributed by atoms with Gasteiger partial charge in [0.05, 0.1) is 24.7 Å². The highest BCUT2D eigenvalue weighted by molar-refractivity contribution is 5.78. The molecule has 5 aliphatic rings. The largest absolute Gasteiger partial charge is 0.462 e. The van der Waals surface area contributed by atoms with Crippen molar-refractivity contribution in [3.8, 4) is 0 Å². The van der Waals surface area contributed by atoms with Crippen molar-refractivity contribution < 1.29 is 48.6 Å². The molecule has 1 aliphatic carbocycles. The maximum atomic E-state index is 14.2. The minimum atomic E-state index is -1.81. The number of carbonyl (C=O) groups excluding carboxylic acids is 2. The molecule has 2 bridgehead atoms. The van der Waals surface area contributed by atoms with Gasteiger partial charge in [-0.05, 0) is 56.6 Å². The van der Waals surface area contributed by atoms with Crippen molar-refractivity contribution in [2.45, 2.75) is 154 Å². The number of aliphatic hydroxyl groups excluding tert-OH is 2. The number of rotatable bonds is 6. The monoisotopic (exact) mass is 686 g/mol. The minimum Gasteiger partial charge on any atom is -0.462 e. The summed E-state index contributed by atoms with van der Waals surface area (Å²) in [6.45, 7) is 13.8. The van der Waals surface area contributed by atoms with Gasteiger partial charge in [0.25, 0.3) is 0 Å². The Balaban J connectivity index is 1.51. The van der Waals surface area contributed by atoms with E-state index in [0.717, 1.165) is 24.8 Å². The number of unbranched alkanes of at least 4 members (excludes halogenated alkanes) is 1. The van der Waals surface area contributed by atoms with Gasteiger partial charge in [0.2, 0.25) is 5.79 Å². The molecule has 3 saturated heterocycles. The van der Waals surface area contributed by atoms with Crippen molar-refractivity contribution in [2.24, 2.45) is 23.7 Å². The van der Waals surface area contributed by atoms with Crippen molar-refractivity contribution in [3.05, 3.63) is 47.1 Å². The van der Waals surface area contributed by atoms with E-state index in [1.807, 2.05) is 32.9 Å². The van der Waals surface area contributed by atoms with E-state index in [1.54, 1.807) is 19.1 Å². The topological polar surface area (TPSA) is 141 Å². The van der Waals surface area contributed by atoms with Gasteiger partial charge in [-0.1, -0.05) is 83.4 Å². The van der Waals surface area contributed by atoms with Crippen molar-refractivity contribution >= 4 is 11.9 Å². The van der Waals surface area contributed by atoms with Crippen molar-refractivity contribution in [1.82, 2.24) is 0 Å². The number of hydrogen-bond donors (Lipinski definition) is 3. The smallest absolute Gasteiger partial charge is 0.316 e. The van der Waals surface area contributed by atoms with Gasteiger partial charge in [0.15, 0.2) is 0 Å². The fraction of sp³-hybridized carbons (Fsp3) is 0.744. The third-order valence-corrected chi connectivity index (χ3v) is 11.3. The standard InChI is InChI=1S/C39H58O10/c1-8-10-13-24(5)36(42)47-33-26(7)31(9-2)49-38(34(33)41)20-29-19-28(48-38)16-15-23(4)17-22(3)12-11-14-27-21-45-35-32(40)25(6)18-30(37(43)46-29)39(27,35)44/h11-12,14-15,18,22,24,26,28-35,40-41,44H,8-10,13,16-17,19-21H2,1-7H3/b12-11+,23-15+,27-14+/t22-,24?,26+,28+,29-,30-,31?,32+,33?,34?,35?,38-,39+/m0/s1. The molecule has 5 rings (SSSR count). The number of hydrogen-bond acceptors (Lipinski definition) is 10. The summed E-state index contributed by atoms with van der Waals surface area (Å²) in [6.07, 6.45) is 8.27.